The molecule has 158 valence electrons. The van der Waals surface area contributed by atoms with E-state index in [0.717, 1.165) is 44.3 Å². The van der Waals surface area contributed by atoms with Crippen molar-refractivity contribution in [1.29, 1.82) is 0 Å². The first-order valence-electron chi connectivity index (χ1n) is 10.1. The molecule has 0 aliphatic rings. The molecule has 2 N–H and O–H groups in total. The molecule has 3 aromatic rings. The van der Waals surface area contributed by atoms with Gasteiger partial charge in [-0.1, -0.05) is 24.3 Å². The Morgan fingerprint density at radius 2 is 2.03 bits per heavy atom. The zero-order valence-corrected chi connectivity index (χ0v) is 19.1. The van der Waals surface area contributed by atoms with Gasteiger partial charge in [0.1, 0.15) is 5.75 Å². The van der Waals surface area contributed by atoms with Gasteiger partial charge in [0.05, 0.1) is 16.3 Å². The van der Waals surface area contributed by atoms with E-state index < -0.39 is 0 Å². The molecule has 0 radical (unpaired) electrons. The van der Waals surface area contributed by atoms with Crippen molar-refractivity contribution in [1.82, 2.24) is 4.98 Å². The summed E-state index contributed by atoms with van der Waals surface area (Å²) >= 11 is 1.53. The number of nitrogens with zero attached hydrogens (tertiary/aromatic N) is 2. The van der Waals surface area contributed by atoms with E-state index in [4.69, 9.17) is 4.74 Å². The largest absolute Gasteiger partial charge is 0.491 e. The third kappa shape index (κ3) is 4.97. The van der Waals surface area contributed by atoms with Gasteiger partial charge in [0, 0.05) is 17.0 Å². The fourth-order valence-electron chi connectivity index (χ4n) is 3.02. The average molecular weight is 425 g/mol. The highest BCUT2D eigenvalue weighted by Crippen LogP contribution is 2.35. The van der Waals surface area contributed by atoms with Crippen molar-refractivity contribution in [2.75, 3.05) is 10.7 Å². The lowest BCUT2D eigenvalue weighted by Crippen LogP contribution is -2.14. The average Bonchev–Trinajstić information content (AvgIpc) is 3.11. The number of amides is 1. The summed E-state index contributed by atoms with van der Waals surface area (Å²) in [6, 6.07) is 9.23. The summed E-state index contributed by atoms with van der Waals surface area (Å²) in [5.41, 5.74) is 8.27. The second-order valence-corrected chi connectivity index (χ2v) is 8.52. The molecule has 6 nitrogen and oxygen atoms in total. The number of carbonyl (C=O) groups is 1. The van der Waals surface area contributed by atoms with Crippen LogP contribution in [-0.2, 0) is 0 Å². The lowest BCUT2D eigenvalue weighted by atomic mass is 10.1. The smallest absolute Gasteiger partial charge is 0.255 e. The lowest BCUT2D eigenvalue weighted by Gasteiger charge is -2.14. The molecule has 0 fully saturated rings. The Kier molecular flexibility index (Phi) is 6.72. The predicted octanol–water partition coefficient (Wildman–Crippen LogP) is 6.15. The molecule has 0 aliphatic carbocycles. The Hall–Kier alpha value is -2.93. The molecule has 0 saturated carbocycles. The molecule has 3 rings (SSSR count). The number of hydrazone groups is 1. The summed E-state index contributed by atoms with van der Waals surface area (Å²) in [6.07, 6.45) is 0.935. The molecular weight excluding hydrogens is 396 g/mol. The van der Waals surface area contributed by atoms with Crippen molar-refractivity contribution in [3.8, 4) is 5.75 Å². The van der Waals surface area contributed by atoms with Gasteiger partial charge in [-0.25, -0.2) is 4.98 Å². The zero-order chi connectivity index (χ0) is 21.8. The molecule has 2 aromatic carbocycles. The van der Waals surface area contributed by atoms with Crippen molar-refractivity contribution < 1.29 is 9.53 Å². The van der Waals surface area contributed by atoms with E-state index in [-0.39, 0.29) is 12.0 Å². The fourth-order valence-corrected chi connectivity index (χ4v) is 3.91. The number of aromatic nitrogens is 1. The zero-order valence-electron chi connectivity index (χ0n) is 18.3. The van der Waals surface area contributed by atoms with Gasteiger partial charge in [-0.15, -0.1) is 0 Å². The maximum absolute atomic E-state index is 12.9. The number of hydrogen-bond acceptors (Lipinski definition) is 6. The number of thiazole rings is 1. The van der Waals surface area contributed by atoms with Gasteiger partial charge in [0.25, 0.3) is 5.91 Å². The van der Waals surface area contributed by atoms with Crippen molar-refractivity contribution in [3.63, 3.8) is 0 Å². The molecule has 0 spiro atoms. The number of ether oxygens (including phenoxy) is 1. The summed E-state index contributed by atoms with van der Waals surface area (Å²) in [5.74, 6) is 0.517. The Morgan fingerprint density at radius 3 is 2.73 bits per heavy atom. The van der Waals surface area contributed by atoms with E-state index in [1.807, 2.05) is 52.8 Å². The Morgan fingerprint density at radius 1 is 1.27 bits per heavy atom. The molecule has 7 heteroatoms. The number of anilines is 2. The SMILES string of the molecule is CC/C(C)=N\Nc1nc2cc(C)c(NC(=O)c3cccc(OC(C)C)c3)c(C)c2s1. The topological polar surface area (TPSA) is 75.6 Å². The van der Waals surface area contributed by atoms with E-state index in [1.165, 1.54) is 11.3 Å². The standard InChI is InChI=1S/C23H28N4O2S/c1-7-15(5)26-27-23-24-19-11-14(4)20(16(6)21(19)30-23)25-22(28)17-9-8-10-18(12-17)29-13(2)3/h8-13H,7H2,1-6H3,(H,24,27)(H,25,28)/b26-15-. The van der Waals surface area contributed by atoms with Gasteiger partial charge in [-0.3, -0.25) is 10.2 Å². The van der Waals surface area contributed by atoms with Crippen LogP contribution in [-0.4, -0.2) is 22.7 Å². The third-order valence-corrected chi connectivity index (χ3v) is 5.77. The Bertz CT molecular complexity index is 1100. The Labute approximate surface area is 181 Å². The first-order valence-corrected chi connectivity index (χ1v) is 10.9. The first kappa shape index (κ1) is 21.8. The molecule has 30 heavy (non-hydrogen) atoms. The molecule has 1 aromatic heterocycles. The monoisotopic (exact) mass is 424 g/mol. The summed E-state index contributed by atoms with van der Waals surface area (Å²) in [5, 5.41) is 8.14. The number of benzene rings is 2. The van der Waals surface area contributed by atoms with Crippen LogP contribution in [0, 0.1) is 13.8 Å². The second kappa shape index (κ2) is 9.26. The van der Waals surface area contributed by atoms with E-state index in [2.05, 4.69) is 27.8 Å². The van der Waals surface area contributed by atoms with Crippen LogP contribution in [0.3, 0.4) is 0 Å². The number of rotatable bonds is 7. The summed E-state index contributed by atoms with van der Waals surface area (Å²) in [7, 11) is 0. The minimum Gasteiger partial charge on any atom is -0.491 e. The highest BCUT2D eigenvalue weighted by Gasteiger charge is 2.16. The van der Waals surface area contributed by atoms with Crippen molar-refractivity contribution in [2.45, 2.75) is 54.1 Å². The second-order valence-electron chi connectivity index (χ2n) is 7.52. The van der Waals surface area contributed by atoms with Crippen LogP contribution < -0.4 is 15.5 Å². The number of nitrogens with one attached hydrogen (secondary N) is 2. The highest BCUT2D eigenvalue weighted by atomic mass is 32.1. The van der Waals surface area contributed by atoms with Gasteiger partial charge in [-0.05, 0) is 76.4 Å². The minimum absolute atomic E-state index is 0.0507. The van der Waals surface area contributed by atoms with Crippen LogP contribution in [0.1, 0.15) is 55.6 Å². The third-order valence-electron chi connectivity index (χ3n) is 4.68. The number of carbonyl (C=O) groups excluding carboxylic acids is 1. The normalized spacial score (nSPS) is 11.8. The van der Waals surface area contributed by atoms with Crippen LogP contribution in [0.5, 0.6) is 5.75 Å². The molecular formula is C23H28N4O2S. The molecule has 0 aliphatic heterocycles. The van der Waals surface area contributed by atoms with Crippen LogP contribution in [0.25, 0.3) is 10.2 Å². The molecule has 0 bridgehead atoms. The maximum Gasteiger partial charge on any atom is 0.255 e. The van der Waals surface area contributed by atoms with Crippen LogP contribution >= 0.6 is 11.3 Å². The minimum atomic E-state index is -0.166. The highest BCUT2D eigenvalue weighted by molar-refractivity contribution is 7.22. The number of aryl methyl sites for hydroxylation is 2. The van der Waals surface area contributed by atoms with Crippen molar-refractivity contribution in [2.24, 2.45) is 5.10 Å². The maximum atomic E-state index is 12.9. The summed E-state index contributed by atoms with van der Waals surface area (Å²) in [6.45, 7) is 11.9. The first-order chi connectivity index (χ1) is 14.3. The van der Waals surface area contributed by atoms with E-state index in [9.17, 15) is 4.79 Å². The molecule has 0 atom stereocenters. The summed E-state index contributed by atoms with van der Waals surface area (Å²) in [4.78, 5) is 17.5. The number of hydrogen-bond donors (Lipinski definition) is 2. The van der Waals surface area contributed by atoms with Gasteiger partial charge in [-0.2, -0.15) is 5.10 Å². The predicted molar refractivity (Wildman–Crippen MR) is 126 cm³/mol. The number of fused-ring (bicyclic) bond motifs is 1. The summed E-state index contributed by atoms with van der Waals surface area (Å²) < 4.78 is 6.73. The van der Waals surface area contributed by atoms with E-state index >= 15 is 0 Å². The molecule has 1 amide bonds. The molecule has 0 saturated heterocycles. The van der Waals surface area contributed by atoms with Crippen molar-refractivity contribution in [3.05, 3.63) is 47.0 Å². The molecule has 0 unspecified atom stereocenters. The van der Waals surface area contributed by atoms with Crippen LogP contribution in [0.15, 0.2) is 35.4 Å². The van der Waals surface area contributed by atoms with Gasteiger partial charge in [0.15, 0.2) is 0 Å². The quantitative estimate of drug-likeness (QED) is 0.352. The van der Waals surface area contributed by atoms with Gasteiger partial charge in [0.2, 0.25) is 5.13 Å². The Balaban J connectivity index is 1.88. The van der Waals surface area contributed by atoms with Gasteiger partial charge >= 0.3 is 0 Å². The van der Waals surface area contributed by atoms with E-state index in [1.54, 1.807) is 12.1 Å². The van der Waals surface area contributed by atoms with Crippen LogP contribution in [0.4, 0.5) is 10.8 Å². The van der Waals surface area contributed by atoms with Crippen molar-refractivity contribution >= 4 is 44.0 Å². The van der Waals surface area contributed by atoms with Gasteiger partial charge < -0.3 is 10.1 Å². The lowest BCUT2D eigenvalue weighted by molar-refractivity contribution is 0.102. The fraction of sp³-hybridized carbons (Fsp3) is 0.348. The van der Waals surface area contributed by atoms with E-state index in [0.29, 0.717) is 11.3 Å². The molecule has 1 heterocycles. The van der Waals surface area contributed by atoms with Crippen LogP contribution in [0.2, 0.25) is 0 Å².